The van der Waals surface area contributed by atoms with Crippen molar-refractivity contribution >= 4 is 45.1 Å². The molecule has 0 aromatic heterocycles. The summed E-state index contributed by atoms with van der Waals surface area (Å²) in [7, 11) is 3.04. The second-order valence-electron chi connectivity index (χ2n) is 5.20. The van der Waals surface area contributed by atoms with E-state index in [4.69, 9.17) is 25.8 Å². The SMILES string of the molecule is COc1ccc(CC(=O)OCC(=O)Nc2ccc(Br)cc2Cl)cc1OC. The van der Waals surface area contributed by atoms with Crippen molar-refractivity contribution in [3.8, 4) is 11.5 Å². The van der Waals surface area contributed by atoms with Gasteiger partial charge in [-0.3, -0.25) is 9.59 Å². The molecular formula is C18H17BrClNO5. The van der Waals surface area contributed by atoms with Gasteiger partial charge in [-0.2, -0.15) is 0 Å². The number of rotatable bonds is 7. The minimum Gasteiger partial charge on any atom is -0.493 e. The molecule has 0 radical (unpaired) electrons. The van der Waals surface area contributed by atoms with Crippen LogP contribution in [0.1, 0.15) is 5.56 Å². The van der Waals surface area contributed by atoms with Crippen LogP contribution in [0.15, 0.2) is 40.9 Å². The maximum atomic E-state index is 11.9. The van der Waals surface area contributed by atoms with Crippen molar-refractivity contribution in [2.75, 3.05) is 26.1 Å². The third-order valence-electron chi connectivity index (χ3n) is 3.37. The predicted octanol–water partition coefficient (Wildman–Crippen LogP) is 3.84. The number of hydrogen-bond acceptors (Lipinski definition) is 5. The molecule has 8 heteroatoms. The lowest BCUT2D eigenvalue weighted by Crippen LogP contribution is -2.21. The highest BCUT2D eigenvalue weighted by Gasteiger charge is 2.12. The van der Waals surface area contributed by atoms with Crippen molar-refractivity contribution in [2.24, 2.45) is 0 Å². The van der Waals surface area contributed by atoms with Gasteiger partial charge in [-0.25, -0.2) is 0 Å². The third-order valence-corrected chi connectivity index (χ3v) is 4.17. The van der Waals surface area contributed by atoms with Crippen molar-refractivity contribution in [2.45, 2.75) is 6.42 Å². The summed E-state index contributed by atoms with van der Waals surface area (Å²) < 4.78 is 16.1. The number of halogens is 2. The molecule has 0 unspecified atom stereocenters. The summed E-state index contributed by atoms with van der Waals surface area (Å²) in [5.74, 6) is 0.0694. The molecule has 0 spiro atoms. The molecule has 0 aliphatic carbocycles. The summed E-state index contributed by atoms with van der Waals surface area (Å²) in [6, 6.07) is 10.1. The molecule has 0 saturated carbocycles. The monoisotopic (exact) mass is 441 g/mol. The minimum absolute atomic E-state index is 0.00662. The summed E-state index contributed by atoms with van der Waals surface area (Å²) in [5, 5.41) is 2.96. The number of amides is 1. The van der Waals surface area contributed by atoms with Gasteiger partial charge in [-0.1, -0.05) is 33.6 Å². The zero-order valence-corrected chi connectivity index (χ0v) is 16.5. The molecule has 0 aliphatic heterocycles. The molecule has 138 valence electrons. The average molecular weight is 443 g/mol. The molecule has 0 aliphatic rings. The summed E-state index contributed by atoms with van der Waals surface area (Å²) >= 11 is 9.30. The average Bonchev–Trinajstić information content (AvgIpc) is 2.62. The van der Waals surface area contributed by atoms with E-state index in [0.29, 0.717) is 27.8 Å². The number of methoxy groups -OCH3 is 2. The highest BCUT2D eigenvalue weighted by Crippen LogP contribution is 2.28. The first-order chi connectivity index (χ1) is 12.4. The fourth-order valence-corrected chi connectivity index (χ4v) is 2.85. The Kier molecular flexibility index (Phi) is 7.29. The van der Waals surface area contributed by atoms with Gasteiger partial charge in [0.1, 0.15) is 0 Å². The van der Waals surface area contributed by atoms with Crippen LogP contribution in [0.25, 0.3) is 0 Å². The van der Waals surface area contributed by atoms with E-state index < -0.39 is 18.5 Å². The fraction of sp³-hybridized carbons (Fsp3) is 0.222. The van der Waals surface area contributed by atoms with Gasteiger partial charge in [-0.15, -0.1) is 0 Å². The lowest BCUT2D eigenvalue weighted by molar-refractivity contribution is -0.146. The molecular weight excluding hydrogens is 426 g/mol. The number of anilines is 1. The highest BCUT2D eigenvalue weighted by atomic mass is 79.9. The maximum absolute atomic E-state index is 11.9. The van der Waals surface area contributed by atoms with Gasteiger partial charge < -0.3 is 19.5 Å². The Hall–Kier alpha value is -2.25. The Labute approximate surface area is 164 Å². The topological polar surface area (TPSA) is 73.9 Å². The molecule has 2 aromatic rings. The van der Waals surface area contributed by atoms with Crippen molar-refractivity contribution in [1.82, 2.24) is 0 Å². The quantitative estimate of drug-likeness (QED) is 0.660. The maximum Gasteiger partial charge on any atom is 0.310 e. The summed E-state index contributed by atoms with van der Waals surface area (Å²) in [6.45, 7) is -0.404. The number of carbonyl (C=O) groups is 2. The second-order valence-corrected chi connectivity index (χ2v) is 6.52. The van der Waals surface area contributed by atoms with Crippen LogP contribution in [-0.4, -0.2) is 32.7 Å². The van der Waals surface area contributed by atoms with E-state index in [1.165, 1.54) is 14.2 Å². The molecule has 6 nitrogen and oxygen atoms in total. The zero-order valence-electron chi connectivity index (χ0n) is 14.2. The number of esters is 1. The van der Waals surface area contributed by atoms with Crippen LogP contribution in [-0.2, 0) is 20.7 Å². The molecule has 0 bridgehead atoms. The summed E-state index contributed by atoms with van der Waals surface area (Å²) in [4.78, 5) is 23.8. The van der Waals surface area contributed by atoms with E-state index >= 15 is 0 Å². The van der Waals surface area contributed by atoms with Gasteiger partial charge in [0.15, 0.2) is 18.1 Å². The van der Waals surface area contributed by atoms with E-state index in [2.05, 4.69) is 21.2 Å². The van der Waals surface area contributed by atoms with Crippen LogP contribution in [0.3, 0.4) is 0 Å². The lowest BCUT2D eigenvalue weighted by atomic mass is 10.1. The van der Waals surface area contributed by atoms with Crippen molar-refractivity contribution in [3.63, 3.8) is 0 Å². The van der Waals surface area contributed by atoms with Gasteiger partial charge in [0.2, 0.25) is 0 Å². The minimum atomic E-state index is -0.533. The van der Waals surface area contributed by atoms with Gasteiger partial charge in [0.25, 0.3) is 5.91 Å². The molecule has 2 aromatic carbocycles. The molecule has 2 rings (SSSR count). The van der Waals surface area contributed by atoms with E-state index in [9.17, 15) is 9.59 Å². The Bertz CT molecular complexity index is 812. The highest BCUT2D eigenvalue weighted by molar-refractivity contribution is 9.10. The Morgan fingerprint density at radius 3 is 2.46 bits per heavy atom. The largest absolute Gasteiger partial charge is 0.493 e. The van der Waals surface area contributed by atoms with E-state index in [1.807, 2.05) is 0 Å². The molecule has 26 heavy (non-hydrogen) atoms. The molecule has 1 N–H and O–H groups in total. The number of hydrogen-bond donors (Lipinski definition) is 1. The van der Waals surface area contributed by atoms with Crippen molar-refractivity contribution < 1.29 is 23.8 Å². The van der Waals surface area contributed by atoms with Gasteiger partial charge in [0.05, 0.1) is 31.4 Å². The molecule has 0 heterocycles. The lowest BCUT2D eigenvalue weighted by Gasteiger charge is -2.10. The fourth-order valence-electron chi connectivity index (χ4n) is 2.13. The van der Waals surface area contributed by atoms with Crippen LogP contribution in [0, 0.1) is 0 Å². The first-order valence-corrected chi connectivity index (χ1v) is 8.71. The summed E-state index contributed by atoms with van der Waals surface area (Å²) in [5.41, 5.74) is 1.12. The van der Waals surface area contributed by atoms with Crippen LogP contribution in [0.2, 0.25) is 5.02 Å². The standard InChI is InChI=1S/C18H17BrClNO5/c1-24-15-6-3-11(7-16(15)25-2)8-18(23)26-10-17(22)21-14-5-4-12(19)9-13(14)20/h3-7,9H,8,10H2,1-2H3,(H,21,22). The van der Waals surface area contributed by atoms with Gasteiger partial charge >= 0.3 is 5.97 Å². The van der Waals surface area contributed by atoms with Crippen LogP contribution in [0.4, 0.5) is 5.69 Å². The Morgan fingerprint density at radius 1 is 1.08 bits per heavy atom. The normalized spacial score (nSPS) is 10.2. The number of carbonyl (C=O) groups excluding carboxylic acids is 2. The number of benzene rings is 2. The van der Waals surface area contributed by atoms with E-state index in [1.54, 1.807) is 36.4 Å². The third kappa shape index (κ3) is 5.64. The van der Waals surface area contributed by atoms with Crippen LogP contribution in [0.5, 0.6) is 11.5 Å². The first kappa shape index (κ1) is 20.1. The van der Waals surface area contributed by atoms with E-state index in [-0.39, 0.29) is 6.42 Å². The van der Waals surface area contributed by atoms with E-state index in [0.717, 1.165) is 4.47 Å². The number of nitrogens with one attached hydrogen (secondary N) is 1. The Balaban J connectivity index is 1.87. The molecule has 1 amide bonds. The summed E-state index contributed by atoms with van der Waals surface area (Å²) in [6.07, 6.45) is 0.00662. The zero-order chi connectivity index (χ0) is 19.1. The van der Waals surface area contributed by atoms with Crippen molar-refractivity contribution in [1.29, 1.82) is 0 Å². The van der Waals surface area contributed by atoms with Crippen LogP contribution < -0.4 is 14.8 Å². The Morgan fingerprint density at radius 2 is 1.81 bits per heavy atom. The van der Waals surface area contributed by atoms with Gasteiger partial charge in [-0.05, 0) is 35.9 Å². The molecule has 0 saturated heterocycles. The van der Waals surface area contributed by atoms with Crippen molar-refractivity contribution in [3.05, 3.63) is 51.5 Å². The number of ether oxygens (including phenoxy) is 3. The van der Waals surface area contributed by atoms with Gasteiger partial charge in [0, 0.05) is 4.47 Å². The second kappa shape index (κ2) is 9.45. The van der Waals surface area contributed by atoms with Crippen LogP contribution >= 0.6 is 27.5 Å². The predicted molar refractivity (Wildman–Crippen MR) is 102 cm³/mol. The smallest absolute Gasteiger partial charge is 0.310 e. The molecule has 0 fully saturated rings. The first-order valence-electron chi connectivity index (χ1n) is 7.54. The molecule has 0 atom stereocenters.